The smallest absolute Gasteiger partial charge is 0.294 e. The van der Waals surface area contributed by atoms with E-state index in [0.29, 0.717) is 0 Å². The van der Waals surface area contributed by atoms with Gasteiger partial charge in [0.2, 0.25) is 5.78 Å². The van der Waals surface area contributed by atoms with E-state index in [1.165, 1.54) is 30.7 Å². The second kappa shape index (κ2) is 6.21. The third-order valence-electron chi connectivity index (χ3n) is 4.40. The first-order valence-corrected chi connectivity index (χ1v) is 8.17. The summed E-state index contributed by atoms with van der Waals surface area (Å²) in [6, 6.07) is 9.86. The summed E-state index contributed by atoms with van der Waals surface area (Å²) in [5.41, 5.74) is 0.778. The lowest BCUT2D eigenvalue weighted by Gasteiger charge is -2.25. The van der Waals surface area contributed by atoms with Gasteiger partial charge in [0, 0.05) is 0 Å². The van der Waals surface area contributed by atoms with Crippen LogP contribution in [0.4, 0.5) is 5.69 Å². The molecular weight excluding hydrogens is 350 g/mol. The molecule has 7 heteroatoms. The first-order valence-electron chi connectivity index (χ1n) is 8.17. The number of aliphatic hydroxyl groups is 1. The Labute approximate surface area is 153 Å². The number of rotatable bonds is 4. The zero-order chi connectivity index (χ0) is 19.1. The van der Waals surface area contributed by atoms with E-state index < -0.39 is 23.5 Å². The highest BCUT2D eigenvalue weighted by molar-refractivity contribution is 6.20. The van der Waals surface area contributed by atoms with E-state index in [0.717, 1.165) is 10.5 Å². The van der Waals surface area contributed by atoms with Crippen LogP contribution in [0.5, 0.6) is 5.75 Å². The van der Waals surface area contributed by atoms with Crippen LogP contribution < -0.4 is 4.90 Å². The number of carbonyl (C=O) groups excluding carboxylic acids is 2. The molecule has 0 aliphatic carbocycles. The normalized spacial score (nSPS) is 17.0. The highest BCUT2D eigenvalue weighted by Crippen LogP contribution is 2.44. The molecule has 1 unspecified atom stereocenters. The number of anilines is 1. The van der Waals surface area contributed by atoms with Gasteiger partial charge in [-0.15, -0.1) is 0 Å². The van der Waals surface area contributed by atoms with Crippen LogP contribution in [0.25, 0.3) is 0 Å². The van der Waals surface area contributed by atoms with Crippen molar-refractivity contribution < 1.29 is 28.6 Å². The first kappa shape index (κ1) is 16.7. The number of aryl methyl sites for hydroxylation is 1. The molecular formula is C20H15NO6. The molecule has 1 aliphatic heterocycles. The molecule has 0 saturated heterocycles. The molecule has 0 fully saturated rings. The Morgan fingerprint density at radius 1 is 1.07 bits per heavy atom. The number of hydrogen-bond acceptors (Lipinski definition) is 6. The summed E-state index contributed by atoms with van der Waals surface area (Å²) in [5.74, 6) is -2.07. The van der Waals surface area contributed by atoms with Crippen LogP contribution in [-0.2, 0) is 4.79 Å². The zero-order valence-electron chi connectivity index (χ0n) is 14.2. The molecule has 4 rings (SSSR count). The topological polar surface area (TPSA) is 104 Å². The van der Waals surface area contributed by atoms with Crippen molar-refractivity contribution in [1.82, 2.24) is 0 Å². The Bertz CT molecular complexity index is 1050. The van der Waals surface area contributed by atoms with E-state index in [2.05, 4.69) is 0 Å². The second-order valence-corrected chi connectivity index (χ2v) is 6.15. The molecule has 0 bridgehead atoms. The average Bonchev–Trinajstić information content (AvgIpc) is 3.39. The molecule has 3 aromatic rings. The molecule has 2 aromatic heterocycles. The van der Waals surface area contributed by atoms with Crippen molar-refractivity contribution in [3.8, 4) is 5.75 Å². The molecule has 1 aromatic carbocycles. The Kier molecular flexibility index (Phi) is 3.84. The van der Waals surface area contributed by atoms with Crippen molar-refractivity contribution in [3.05, 3.63) is 83.4 Å². The number of Topliss-reactive ketones (excluding diaryl/α,β-unsaturated/α-hetero) is 1. The second-order valence-electron chi connectivity index (χ2n) is 6.15. The van der Waals surface area contributed by atoms with E-state index in [9.17, 15) is 19.8 Å². The van der Waals surface area contributed by atoms with Crippen molar-refractivity contribution >= 4 is 17.4 Å². The van der Waals surface area contributed by atoms with Gasteiger partial charge in [0.05, 0.1) is 23.8 Å². The number of hydrogen-bond donors (Lipinski definition) is 2. The van der Waals surface area contributed by atoms with E-state index in [1.807, 2.05) is 0 Å². The minimum absolute atomic E-state index is 0.0174. The number of benzene rings is 1. The van der Waals surface area contributed by atoms with E-state index in [4.69, 9.17) is 8.83 Å². The summed E-state index contributed by atoms with van der Waals surface area (Å²) >= 11 is 0. The number of nitrogens with zero attached hydrogens (tertiary/aromatic N) is 1. The fraction of sp³-hybridized carbons (Fsp3) is 0.100. The minimum Gasteiger partial charge on any atom is -0.506 e. The summed E-state index contributed by atoms with van der Waals surface area (Å²) < 4.78 is 10.6. The molecule has 1 amide bonds. The van der Waals surface area contributed by atoms with Gasteiger partial charge in [-0.2, -0.15) is 0 Å². The van der Waals surface area contributed by atoms with Crippen LogP contribution in [0.3, 0.4) is 0 Å². The number of amides is 1. The third kappa shape index (κ3) is 2.60. The maximum atomic E-state index is 12.9. The van der Waals surface area contributed by atoms with Gasteiger partial charge >= 0.3 is 0 Å². The molecule has 1 aliphatic rings. The molecule has 1 atom stereocenters. The Hall–Kier alpha value is -3.74. The van der Waals surface area contributed by atoms with Gasteiger partial charge in [0.15, 0.2) is 11.5 Å². The number of furan rings is 2. The predicted molar refractivity (Wildman–Crippen MR) is 94.5 cm³/mol. The monoisotopic (exact) mass is 365 g/mol. The third-order valence-corrected chi connectivity index (χ3v) is 4.40. The number of aliphatic hydroxyl groups excluding tert-OH is 1. The molecule has 0 saturated carbocycles. The van der Waals surface area contributed by atoms with E-state index >= 15 is 0 Å². The number of phenols is 1. The fourth-order valence-corrected chi connectivity index (χ4v) is 3.17. The van der Waals surface area contributed by atoms with Crippen molar-refractivity contribution in [2.75, 3.05) is 4.90 Å². The summed E-state index contributed by atoms with van der Waals surface area (Å²) in [4.78, 5) is 26.9. The van der Waals surface area contributed by atoms with Crippen LogP contribution in [0, 0.1) is 6.92 Å². The molecule has 3 heterocycles. The maximum Gasteiger partial charge on any atom is 0.294 e. The van der Waals surface area contributed by atoms with Crippen LogP contribution >= 0.6 is 0 Å². The van der Waals surface area contributed by atoms with Gasteiger partial charge in [-0.05, 0) is 48.9 Å². The Balaban J connectivity index is 1.90. The van der Waals surface area contributed by atoms with Crippen molar-refractivity contribution in [2.45, 2.75) is 13.0 Å². The Morgan fingerprint density at radius 2 is 1.81 bits per heavy atom. The minimum atomic E-state index is -1.04. The predicted octanol–water partition coefficient (Wildman–Crippen LogP) is 3.67. The summed E-state index contributed by atoms with van der Waals surface area (Å²) in [5, 5.41) is 20.8. The van der Waals surface area contributed by atoms with Crippen LogP contribution in [0.15, 0.2) is 75.2 Å². The number of carbonyl (C=O) groups is 2. The van der Waals surface area contributed by atoms with Gasteiger partial charge in [-0.3, -0.25) is 14.5 Å². The number of ketones is 1. The first-order chi connectivity index (χ1) is 13.0. The van der Waals surface area contributed by atoms with Gasteiger partial charge < -0.3 is 19.0 Å². The number of phenolic OH excluding ortho intramolecular Hbond substituents is 1. The zero-order valence-corrected chi connectivity index (χ0v) is 14.2. The lowest BCUT2D eigenvalue weighted by Crippen LogP contribution is -2.31. The van der Waals surface area contributed by atoms with Crippen LogP contribution in [0.2, 0.25) is 0 Å². The van der Waals surface area contributed by atoms with Crippen molar-refractivity contribution in [2.24, 2.45) is 0 Å². The molecule has 7 nitrogen and oxygen atoms in total. The van der Waals surface area contributed by atoms with Crippen molar-refractivity contribution in [3.63, 3.8) is 0 Å². The largest absolute Gasteiger partial charge is 0.506 e. The van der Waals surface area contributed by atoms with Crippen molar-refractivity contribution in [1.29, 1.82) is 0 Å². The number of aromatic hydroxyl groups is 1. The lowest BCUT2D eigenvalue weighted by atomic mass is 9.99. The highest BCUT2D eigenvalue weighted by atomic mass is 16.3. The molecule has 27 heavy (non-hydrogen) atoms. The molecule has 0 spiro atoms. The fourth-order valence-electron chi connectivity index (χ4n) is 3.17. The van der Waals surface area contributed by atoms with Crippen LogP contribution in [-0.4, -0.2) is 21.9 Å². The van der Waals surface area contributed by atoms with E-state index in [1.54, 1.807) is 31.2 Å². The molecule has 0 radical (unpaired) electrons. The van der Waals surface area contributed by atoms with Gasteiger partial charge in [-0.1, -0.05) is 6.07 Å². The highest BCUT2D eigenvalue weighted by Gasteiger charge is 2.47. The van der Waals surface area contributed by atoms with Gasteiger partial charge in [0.25, 0.3) is 5.91 Å². The summed E-state index contributed by atoms with van der Waals surface area (Å²) in [6.07, 6.45) is 2.73. The molecule has 136 valence electrons. The molecule has 2 N–H and O–H groups in total. The van der Waals surface area contributed by atoms with Gasteiger partial charge in [-0.25, -0.2) is 0 Å². The average molecular weight is 365 g/mol. The maximum absolute atomic E-state index is 12.9. The van der Waals surface area contributed by atoms with E-state index in [-0.39, 0.29) is 28.5 Å². The summed E-state index contributed by atoms with van der Waals surface area (Å²) in [6.45, 7) is 1.80. The van der Waals surface area contributed by atoms with Gasteiger partial charge in [0.1, 0.15) is 17.6 Å². The van der Waals surface area contributed by atoms with Crippen LogP contribution in [0.1, 0.15) is 27.9 Å². The SMILES string of the molecule is Cc1ccc(O)c(N2C(=O)C(O)=C(C(=O)c3ccco3)C2c2ccco2)c1. The standard InChI is InChI=1S/C20H15NO6/c1-11-6-7-13(22)12(10-11)21-17(14-4-2-8-26-14)16(19(24)20(21)25)18(23)15-5-3-9-27-15/h2-10,17,22,24H,1H3. The lowest BCUT2D eigenvalue weighted by molar-refractivity contribution is -0.117. The quantitative estimate of drug-likeness (QED) is 0.684. The Morgan fingerprint density at radius 3 is 2.48 bits per heavy atom. The summed E-state index contributed by atoms with van der Waals surface area (Å²) in [7, 11) is 0.